The van der Waals surface area contributed by atoms with Crippen molar-refractivity contribution in [1.29, 1.82) is 0 Å². The van der Waals surface area contributed by atoms with E-state index in [0.717, 1.165) is 18.6 Å². The first-order valence-electron chi connectivity index (χ1n) is 6.85. The molecule has 3 heteroatoms. The lowest BCUT2D eigenvalue weighted by Gasteiger charge is -2.34. The number of hydrogen-bond acceptors (Lipinski definition) is 3. The summed E-state index contributed by atoms with van der Waals surface area (Å²) >= 11 is 0. The third kappa shape index (κ3) is 3.19. The quantitative estimate of drug-likeness (QED) is 0.719. The first-order valence-corrected chi connectivity index (χ1v) is 6.85. The highest BCUT2D eigenvalue weighted by Gasteiger charge is 2.31. The van der Waals surface area contributed by atoms with Gasteiger partial charge in [-0.05, 0) is 57.7 Å². The second kappa shape index (κ2) is 6.58. The number of rotatable bonds is 5. The minimum Gasteiger partial charge on any atom is -0.385 e. The summed E-state index contributed by atoms with van der Waals surface area (Å²) in [6.45, 7) is 5.93. The van der Waals surface area contributed by atoms with Crippen LogP contribution in [0.4, 0.5) is 0 Å². The van der Waals surface area contributed by atoms with Crippen LogP contribution in [0.1, 0.15) is 32.1 Å². The van der Waals surface area contributed by atoms with Crippen molar-refractivity contribution in [1.82, 2.24) is 10.2 Å². The summed E-state index contributed by atoms with van der Waals surface area (Å²) < 4.78 is 5.15. The zero-order valence-electron chi connectivity index (χ0n) is 10.6. The zero-order valence-corrected chi connectivity index (χ0v) is 10.6. The van der Waals surface area contributed by atoms with Crippen molar-refractivity contribution in [3.05, 3.63) is 0 Å². The van der Waals surface area contributed by atoms with Crippen LogP contribution < -0.4 is 5.32 Å². The molecule has 0 spiro atoms. The second-order valence-electron chi connectivity index (χ2n) is 5.18. The van der Waals surface area contributed by atoms with E-state index in [2.05, 4.69) is 10.2 Å². The zero-order chi connectivity index (χ0) is 11.2. The van der Waals surface area contributed by atoms with Gasteiger partial charge >= 0.3 is 0 Å². The van der Waals surface area contributed by atoms with E-state index in [1.165, 1.54) is 58.3 Å². The molecule has 0 aliphatic carbocycles. The van der Waals surface area contributed by atoms with Gasteiger partial charge in [0.05, 0.1) is 0 Å². The average Bonchev–Trinajstić information content (AvgIpc) is 2.79. The van der Waals surface area contributed by atoms with E-state index in [1.807, 2.05) is 0 Å². The fourth-order valence-electron chi connectivity index (χ4n) is 3.30. The van der Waals surface area contributed by atoms with E-state index in [9.17, 15) is 0 Å². The van der Waals surface area contributed by atoms with Gasteiger partial charge in [0.15, 0.2) is 0 Å². The van der Waals surface area contributed by atoms with Crippen LogP contribution in [0.25, 0.3) is 0 Å². The smallest absolute Gasteiger partial charge is 0.0474 e. The van der Waals surface area contributed by atoms with Gasteiger partial charge in [0.1, 0.15) is 0 Å². The molecule has 3 nitrogen and oxygen atoms in total. The molecule has 1 N–H and O–H groups in total. The topological polar surface area (TPSA) is 24.5 Å². The van der Waals surface area contributed by atoms with Gasteiger partial charge in [-0.25, -0.2) is 0 Å². The molecule has 94 valence electrons. The third-order valence-electron chi connectivity index (χ3n) is 4.14. The Bertz CT molecular complexity index is 192. The van der Waals surface area contributed by atoms with Crippen molar-refractivity contribution in [2.24, 2.45) is 5.92 Å². The van der Waals surface area contributed by atoms with Crippen molar-refractivity contribution < 1.29 is 4.74 Å². The average molecular weight is 226 g/mol. The van der Waals surface area contributed by atoms with Gasteiger partial charge in [-0.1, -0.05) is 0 Å². The Morgan fingerprint density at radius 3 is 2.81 bits per heavy atom. The molecule has 2 saturated heterocycles. The highest BCUT2D eigenvalue weighted by atomic mass is 16.5. The molecule has 16 heavy (non-hydrogen) atoms. The molecule has 1 unspecified atom stereocenters. The van der Waals surface area contributed by atoms with Gasteiger partial charge in [-0.15, -0.1) is 0 Å². The lowest BCUT2D eigenvalue weighted by molar-refractivity contribution is 0.135. The summed E-state index contributed by atoms with van der Waals surface area (Å²) in [5.41, 5.74) is 0. The van der Waals surface area contributed by atoms with Gasteiger partial charge in [-0.2, -0.15) is 0 Å². The Balaban J connectivity index is 1.77. The third-order valence-corrected chi connectivity index (χ3v) is 4.14. The number of likely N-dealkylation sites (tertiary alicyclic amines) is 1. The summed E-state index contributed by atoms with van der Waals surface area (Å²) in [4.78, 5) is 2.72. The summed E-state index contributed by atoms with van der Waals surface area (Å²) in [6.07, 6.45) is 6.79. The fraction of sp³-hybridized carbons (Fsp3) is 1.00. The molecule has 1 atom stereocenters. The van der Waals surface area contributed by atoms with E-state index in [1.54, 1.807) is 7.11 Å². The Kier molecular flexibility index (Phi) is 5.07. The van der Waals surface area contributed by atoms with Crippen LogP contribution in [-0.2, 0) is 4.74 Å². The normalized spacial score (nSPS) is 28.7. The molecule has 2 aliphatic heterocycles. The van der Waals surface area contributed by atoms with Crippen LogP contribution in [0.15, 0.2) is 0 Å². The van der Waals surface area contributed by atoms with Crippen LogP contribution in [0.2, 0.25) is 0 Å². The molecule has 2 rings (SSSR count). The Morgan fingerprint density at radius 2 is 2.06 bits per heavy atom. The number of nitrogens with zero attached hydrogens (tertiary/aromatic N) is 1. The van der Waals surface area contributed by atoms with Crippen molar-refractivity contribution in [3.8, 4) is 0 Å². The summed E-state index contributed by atoms with van der Waals surface area (Å²) in [5, 5.41) is 3.47. The molecule has 0 aromatic carbocycles. The molecule has 0 amide bonds. The molecule has 0 radical (unpaired) electrons. The monoisotopic (exact) mass is 226 g/mol. The first kappa shape index (κ1) is 12.3. The van der Waals surface area contributed by atoms with E-state index < -0.39 is 0 Å². The maximum Gasteiger partial charge on any atom is 0.0474 e. The molecule has 0 bridgehead atoms. The largest absolute Gasteiger partial charge is 0.385 e. The number of ether oxygens (including phenoxy) is 1. The van der Waals surface area contributed by atoms with Gasteiger partial charge in [0.2, 0.25) is 0 Å². The van der Waals surface area contributed by atoms with Crippen molar-refractivity contribution in [2.75, 3.05) is 39.9 Å². The van der Waals surface area contributed by atoms with E-state index >= 15 is 0 Å². The molecule has 0 aromatic heterocycles. The standard InChI is InChI=1S/C13H26N2O/c1-16-11-3-10-15-9-2-4-13(15)12-5-7-14-8-6-12/h12-14H,2-11H2,1H3. The maximum atomic E-state index is 5.15. The minimum atomic E-state index is 0.874. The highest BCUT2D eigenvalue weighted by molar-refractivity contribution is 4.87. The van der Waals surface area contributed by atoms with Gasteiger partial charge < -0.3 is 15.0 Å². The predicted molar refractivity (Wildman–Crippen MR) is 66.7 cm³/mol. The number of nitrogens with one attached hydrogen (secondary N) is 1. The van der Waals surface area contributed by atoms with Gasteiger partial charge in [0, 0.05) is 26.3 Å². The summed E-state index contributed by atoms with van der Waals surface area (Å²) in [5.74, 6) is 0.950. The molecule has 0 saturated carbocycles. The molecular weight excluding hydrogens is 200 g/mol. The van der Waals surface area contributed by atoms with Crippen molar-refractivity contribution in [2.45, 2.75) is 38.1 Å². The Labute approximate surface area is 99.5 Å². The van der Waals surface area contributed by atoms with E-state index in [0.29, 0.717) is 0 Å². The lowest BCUT2D eigenvalue weighted by Crippen LogP contribution is -2.41. The number of methoxy groups -OCH3 is 1. The van der Waals surface area contributed by atoms with Gasteiger partial charge in [-0.3, -0.25) is 0 Å². The number of hydrogen-bond donors (Lipinski definition) is 1. The van der Waals surface area contributed by atoms with Crippen LogP contribution in [-0.4, -0.2) is 50.8 Å². The first-order chi connectivity index (χ1) is 7.92. The second-order valence-corrected chi connectivity index (χ2v) is 5.18. The fourth-order valence-corrected chi connectivity index (χ4v) is 3.30. The SMILES string of the molecule is COCCCN1CCCC1C1CCNCC1. The van der Waals surface area contributed by atoms with E-state index in [4.69, 9.17) is 4.74 Å². The van der Waals surface area contributed by atoms with Crippen molar-refractivity contribution in [3.63, 3.8) is 0 Å². The van der Waals surface area contributed by atoms with Crippen molar-refractivity contribution >= 4 is 0 Å². The Morgan fingerprint density at radius 1 is 1.25 bits per heavy atom. The molecule has 2 heterocycles. The number of piperidine rings is 1. The molecule has 2 fully saturated rings. The minimum absolute atomic E-state index is 0.874. The van der Waals surface area contributed by atoms with Crippen LogP contribution in [0.5, 0.6) is 0 Å². The predicted octanol–water partition coefficient (Wildman–Crippen LogP) is 1.49. The molecule has 2 aliphatic rings. The lowest BCUT2D eigenvalue weighted by atomic mass is 9.88. The van der Waals surface area contributed by atoms with Gasteiger partial charge in [0.25, 0.3) is 0 Å². The summed E-state index contributed by atoms with van der Waals surface area (Å²) in [6, 6.07) is 0.874. The van der Waals surface area contributed by atoms with Crippen LogP contribution >= 0.6 is 0 Å². The molecular formula is C13H26N2O. The van der Waals surface area contributed by atoms with Crippen LogP contribution in [0, 0.1) is 5.92 Å². The Hall–Kier alpha value is -0.120. The maximum absolute atomic E-state index is 5.15. The highest BCUT2D eigenvalue weighted by Crippen LogP contribution is 2.29. The van der Waals surface area contributed by atoms with Crippen LogP contribution in [0.3, 0.4) is 0 Å². The summed E-state index contributed by atoms with van der Waals surface area (Å²) in [7, 11) is 1.80. The van der Waals surface area contributed by atoms with E-state index in [-0.39, 0.29) is 0 Å². The molecule has 0 aromatic rings.